The molecule has 0 unspecified atom stereocenters. The zero-order chi connectivity index (χ0) is 13.0. The fourth-order valence-corrected chi connectivity index (χ4v) is 2.66. The Hall–Kier alpha value is -1.57. The topological polar surface area (TPSA) is 29.1 Å². The second kappa shape index (κ2) is 5.85. The number of carbonyl (C=O) groups excluding carboxylic acids is 1. The van der Waals surface area contributed by atoms with Crippen molar-refractivity contribution >= 4 is 12.0 Å². The number of rotatable bonds is 3. The fourth-order valence-electron chi connectivity index (χ4n) is 2.66. The Morgan fingerprint density at radius 3 is 2.72 bits per heavy atom. The number of hydrogen-bond donors (Lipinski definition) is 1. The molecule has 0 aliphatic heterocycles. The summed E-state index contributed by atoms with van der Waals surface area (Å²) in [5.74, 6) is 0.0421. The largest absolute Gasteiger partial charge is 0.349 e. The van der Waals surface area contributed by atoms with E-state index in [1.54, 1.807) is 6.08 Å². The highest BCUT2D eigenvalue weighted by molar-refractivity contribution is 5.98. The van der Waals surface area contributed by atoms with Gasteiger partial charge in [-0.2, -0.15) is 0 Å². The SMILES string of the molecule is C=Cc1c(C)cccc1C(=O)NC1CCCCC1. The molecule has 0 bridgehead atoms. The first-order chi connectivity index (χ1) is 8.72. The highest BCUT2D eigenvalue weighted by Crippen LogP contribution is 2.19. The van der Waals surface area contributed by atoms with Gasteiger partial charge in [-0.3, -0.25) is 4.79 Å². The lowest BCUT2D eigenvalue weighted by Crippen LogP contribution is -2.36. The molecule has 2 nitrogen and oxygen atoms in total. The second-order valence-corrected chi connectivity index (χ2v) is 5.05. The minimum absolute atomic E-state index is 0.0421. The van der Waals surface area contributed by atoms with Crippen LogP contribution in [0.1, 0.15) is 53.6 Å². The van der Waals surface area contributed by atoms with Gasteiger partial charge in [0.15, 0.2) is 0 Å². The molecule has 1 fully saturated rings. The number of benzene rings is 1. The van der Waals surface area contributed by atoms with Gasteiger partial charge in [0.1, 0.15) is 0 Å². The first-order valence-corrected chi connectivity index (χ1v) is 6.75. The quantitative estimate of drug-likeness (QED) is 0.861. The van der Waals surface area contributed by atoms with Crippen LogP contribution in [0.5, 0.6) is 0 Å². The maximum absolute atomic E-state index is 12.3. The minimum Gasteiger partial charge on any atom is -0.349 e. The highest BCUT2D eigenvalue weighted by atomic mass is 16.1. The average molecular weight is 243 g/mol. The summed E-state index contributed by atoms with van der Waals surface area (Å²) in [6.07, 6.45) is 7.75. The molecular weight excluding hydrogens is 222 g/mol. The Morgan fingerprint density at radius 2 is 2.06 bits per heavy atom. The molecule has 1 N–H and O–H groups in total. The summed E-state index contributed by atoms with van der Waals surface area (Å²) in [6, 6.07) is 6.17. The number of carbonyl (C=O) groups is 1. The van der Waals surface area contributed by atoms with E-state index in [1.165, 1.54) is 19.3 Å². The smallest absolute Gasteiger partial charge is 0.252 e. The third kappa shape index (κ3) is 2.81. The van der Waals surface area contributed by atoms with E-state index in [9.17, 15) is 4.79 Å². The van der Waals surface area contributed by atoms with Gasteiger partial charge in [-0.15, -0.1) is 0 Å². The van der Waals surface area contributed by atoms with Gasteiger partial charge in [-0.25, -0.2) is 0 Å². The molecule has 0 heterocycles. The first-order valence-electron chi connectivity index (χ1n) is 6.75. The van der Waals surface area contributed by atoms with Crippen LogP contribution < -0.4 is 5.32 Å². The van der Waals surface area contributed by atoms with E-state index in [-0.39, 0.29) is 5.91 Å². The summed E-state index contributed by atoms with van der Waals surface area (Å²) in [5, 5.41) is 3.15. The Bertz CT molecular complexity index is 444. The van der Waals surface area contributed by atoms with Crippen LogP contribution in [0.3, 0.4) is 0 Å². The van der Waals surface area contributed by atoms with Crippen molar-refractivity contribution in [2.75, 3.05) is 0 Å². The molecule has 0 atom stereocenters. The van der Waals surface area contributed by atoms with Gasteiger partial charge >= 0.3 is 0 Å². The Balaban J connectivity index is 2.13. The first kappa shape index (κ1) is 12.9. The molecule has 1 amide bonds. The van der Waals surface area contributed by atoms with E-state index >= 15 is 0 Å². The molecule has 1 aromatic carbocycles. The Labute approximate surface area is 109 Å². The summed E-state index contributed by atoms with van der Waals surface area (Å²) >= 11 is 0. The Morgan fingerprint density at radius 1 is 1.33 bits per heavy atom. The van der Waals surface area contributed by atoms with E-state index in [2.05, 4.69) is 11.9 Å². The summed E-state index contributed by atoms with van der Waals surface area (Å²) in [4.78, 5) is 12.3. The maximum Gasteiger partial charge on any atom is 0.252 e. The van der Waals surface area contributed by atoms with E-state index in [0.29, 0.717) is 6.04 Å². The predicted octanol–water partition coefficient (Wildman–Crippen LogP) is 3.70. The highest BCUT2D eigenvalue weighted by Gasteiger charge is 2.18. The average Bonchev–Trinajstić information content (AvgIpc) is 2.39. The molecule has 0 radical (unpaired) electrons. The number of amides is 1. The van der Waals surface area contributed by atoms with Gasteiger partial charge in [0.05, 0.1) is 0 Å². The van der Waals surface area contributed by atoms with Crippen molar-refractivity contribution in [1.82, 2.24) is 5.32 Å². The lowest BCUT2D eigenvalue weighted by Gasteiger charge is -2.23. The minimum atomic E-state index is 0.0421. The van der Waals surface area contributed by atoms with Crippen molar-refractivity contribution in [3.8, 4) is 0 Å². The Kier molecular flexibility index (Phi) is 4.19. The second-order valence-electron chi connectivity index (χ2n) is 5.05. The molecule has 1 saturated carbocycles. The molecule has 2 rings (SSSR count). The summed E-state index contributed by atoms with van der Waals surface area (Å²) in [6.45, 7) is 5.81. The van der Waals surface area contributed by atoms with Crippen molar-refractivity contribution < 1.29 is 4.79 Å². The van der Waals surface area contributed by atoms with Crippen LogP contribution in [0.2, 0.25) is 0 Å². The van der Waals surface area contributed by atoms with Gasteiger partial charge < -0.3 is 5.32 Å². The van der Waals surface area contributed by atoms with Gasteiger partial charge in [-0.1, -0.05) is 44.1 Å². The molecule has 1 aromatic rings. The fraction of sp³-hybridized carbons (Fsp3) is 0.438. The van der Waals surface area contributed by atoms with Crippen molar-refractivity contribution in [1.29, 1.82) is 0 Å². The van der Waals surface area contributed by atoms with E-state index < -0.39 is 0 Å². The van der Waals surface area contributed by atoms with Crippen LogP contribution in [-0.2, 0) is 0 Å². The zero-order valence-corrected chi connectivity index (χ0v) is 11.0. The number of hydrogen-bond acceptors (Lipinski definition) is 1. The van der Waals surface area contributed by atoms with Crippen LogP contribution in [0.25, 0.3) is 6.08 Å². The molecule has 18 heavy (non-hydrogen) atoms. The summed E-state index contributed by atoms with van der Waals surface area (Å²) < 4.78 is 0. The summed E-state index contributed by atoms with van der Waals surface area (Å²) in [7, 11) is 0. The normalized spacial score (nSPS) is 16.3. The van der Waals surface area contributed by atoms with Crippen LogP contribution in [0.15, 0.2) is 24.8 Å². The van der Waals surface area contributed by atoms with Crippen molar-refractivity contribution in [3.05, 3.63) is 41.5 Å². The summed E-state index contributed by atoms with van der Waals surface area (Å²) in [5.41, 5.74) is 2.79. The predicted molar refractivity (Wildman–Crippen MR) is 75.6 cm³/mol. The molecule has 0 spiro atoms. The van der Waals surface area contributed by atoms with Crippen LogP contribution in [0, 0.1) is 6.92 Å². The molecule has 0 saturated heterocycles. The zero-order valence-electron chi connectivity index (χ0n) is 11.0. The third-order valence-electron chi connectivity index (χ3n) is 3.71. The number of aryl methyl sites for hydroxylation is 1. The molecule has 96 valence electrons. The van der Waals surface area contributed by atoms with E-state index in [0.717, 1.165) is 29.5 Å². The molecular formula is C16H21NO. The standard InChI is InChI=1S/C16H21NO/c1-3-14-12(2)8-7-11-15(14)16(18)17-13-9-5-4-6-10-13/h3,7-8,11,13H,1,4-6,9-10H2,2H3,(H,17,18). The van der Waals surface area contributed by atoms with Gasteiger partial charge in [0.25, 0.3) is 5.91 Å². The van der Waals surface area contributed by atoms with Gasteiger partial charge in [0, 0.05) is 11.6 Å². The lowest BCUT2D eigenvalue weighted by molar-refractivity contribution is 0.0927. The molecule has 1 aliphatic rings. The van der Waals surface area contributed by atoms with Gasteiger partial charge in [-0.05, 0) is 37.0 Å². The van der Waals surface area contributed by atoms with E-state index in [1.807, 2.05) is 25.1 Å². The molecule has 2 heteroatoms. The van der Waals surface area contributed by atoms with Crippen LogP contribution in [0.4, 0.5) is 0 Å². The van der Waals surface area contributed by atoms with Crippen LogP contribution in [-0.4, -0.2) is 11.9 Å². The lowest BCUT2D eigenvalue weighted by atomic mass is 9.94. The monoisotopic (exact) mass is 243 g/mol. The molecule has 0 aromatic heterocycles. The van der Waals surface area contributed by atoms with Crippen molar-refractivity contribution in [2.24, 2.45) is 0 Å². The maximum atomic E-state index is 12.3. The van der Waals surface area contributed by atoms with Gasteiger partial charge in [0.2, 0.25) is 0 Å². The number of nitrogens with one attached hydrogen (secondary N) is 1. The van der Waals surface area contributed by atoms with Crippen LogP contribution >= 0.6 is 0 Å². The molecule has 1 aliphatic carbocycles. The van der Waals surface area contributed by atoms with E-state index in [4.69, 9.17) is 0 Å². The van der Waals surface area contributed by atoms with Crippen molar-refractivity contribution in [3.63, 3.8) is 0 Å². The third-order valence-corrected chi connectivity index (χ3v) is 3.71. The van der Waals surface area contributed by atoms with Crippen molar-refractivity contribution in [2.45, 2.75) is 45.1 Å².